The second kappa shape index (κ2) is 11.6. The van der Waals surface area contributed by atoms with E-state index in [1.807, 2.05) is 5.38 Å². The number of aliphatic carboxylic acids is 1. The van der Waals surface area contributed by atoms with Gasteiger partial charge in [-0.3, -0.25) is 14.6 Å². The maximum absolute atomic E-state index is 13.1. The van der Waals surface area contributed by atoms with Crippen LogP contribution >= 0.6 is 34.5 Å². The van der Waals surface area contributed by atoms with Crippen LogP contribution in [0.1, 0.15) is 36.3 Å². The van der Waals surface area contributed by atoms with E-state index in [4.69, 9.17) is 32.7 Å². The van der Waals surface area contributed by atoms with E-state index in [9.17, 15) is 19.5 Å². The van der Waals surface area contributed by atoms with Gasteiger partial charge < -0.3 is 14.6 Å². The van der Waals surface area contributed by atoms with Crippen LogP contribution in [0.15, 0.2) is 46.0 Å². The van der Waals surface area contributed by atoms with E-state index in [1.165, 1.54) is 18.4 Å². The average Bonchev–Trinajstić information content (AvgIpc) is 3.30. The Kier molecular flexibility index (Phi) is 8.82. The molecule has 2 unspecified atom stereocenters. The molecule has 2 heterocycles. The summed E-state index contributed by atoms with van der Waals surface area (Å²) in [6, 6.07) is 4.79. The van der Waals surface area contributed by atoms with E-state index < -0.39 is 36.2 Å². The zero-order valence-electron chi connectivity index (χ0n) is 18.4. The molecule has 0 spiro atoms. The quantitative estimate of drug-likeness (QED) is 0.472. The Morgan fingerprint density at radius 2 is 1.88 bits per heavy atom. The van der Waals surface area contributed by atoms with Gasteiger partial charge in [-0.05, 0) is 31.0 Å². The van der Waals surface area contributed by atoms with Crippen LogP contribution in [-0.2, 0) is 30.3 Å². The summed E-state index contributed by atoms with van der Waals surface area (Å²) in [4.78, 5) is 46.7. The number of aryl methyl sites for hydroxylation is 1. The number of thiazole rings is 1. The normalized spacial score (nSPS) is 17.8. The number of aromatic nitrogens is 1. The van der Waals surface area contributed by atoms with Crippen molar-refractivity contribution in [1.82, 2.24) is 4.98 Å². The van der Waals surface area contributed by atoms with Crippen LogP contribution in [0.25, 0.3) is 0 Å². The number of methoxy groups -OCH3 is 1. The summed E-state index contributed by atoms with van der Waals surface area (Å²) >= 11 is 14.5. The molecule has 180 valence electrons. The highest BCUT2D eigenvalue weighted by molar-refractivity contribution is 7.09. The predicted molar refractivity (Wildman–Crippen MR) is 128 cm³/mol. The summed E-state index contributed by atoms with van der Waals surface area (Å²) in [5.41, 5.74) is 0.726. The van der Waals surface area contributed by atoms with Crippen molar-refractivity contribution < 1.29 is 29.0 Å². The number of carbonyl (C=O) groups excluding carboxylic acids is 2. The first-order chi connectivity index (χ1) is 16.3. The van der Waals surface area contributed by atoms with Crippen molar-refractivity contribution in [3.05, 3.63) is 61.7 Å². The highest BCUT2D eigenvalue weighted by Gasteiger charge is 2.46. The third kappa shape index (κ3) is 5.65. The third-order valence-corrected chi connectivity index (χ3v) is 6.74. The molecular formula is C23H22Cl2N2O6S. The van der Waals surface area contributed by atoms with Gasteiger partial charge in [-0.15, -0.1) is 11.3 Å². The van der Waals surface area contributed by atoms with Crippen LogP contribution in [0.3, 0.4) is 0 Å². The molecule has 2 atom stereocenters. The van der Waals surface area contributed by atoms with Crippen LogP contribution in [-0.4, -0.2) is 47.4 Å². The number of hydrogen-bond donors (Lipinski definition) is 1. The van der Waals surface area contributed by atoms with Gasteiger partial charge in [0.05, 0.1) is 36.4 Å². The molecule has 1 aromatic heterocycles. The number of nitrogens with zero attached hydrogens (tertiary/aromatic N) is 2. The van der Waals surface area contributed by atoms with Crippen LogP contribution in [0, 0.1) is 5.92 Å². The van der Waals surface area contributed by atoms with Crippen molar-refractivity contribution in [3.63, 3.8) is 0 Å². The lowest BCUT2D eigenvalue weighted by molar-refractivity contribution is -0.146. The number of esters is 2. The summed E-state index contributed by atoms with van der Waals surface area (Å²) in [6.07, 6.45) is 1.84. The topological polar surface area (TPSA) is 115 Å². The third-order valence-electron chi connectivity index (χ3n) is 5.24. The molecule has 0 aliphatic carbocycles. The monoisotopic (exact) mass is 524 g/mol. The molecule has 0 saturated heterocycles. The first kappa shape index (κ1) is 25.9. The fraction of sp³-hybridized carbons (Fsp3) is 0.348. The SMILES string of the molecule is CCOC(=O)C1C(CC(=O)O)=NC(CCc2nccs2)=C(C(=O)OC)C1c1c(Cl)cccc1Cl. The first-order valence-electron chi connectivity index (χ1n) is 10.4. The van der Waals surface area contributed by atoms with E-state index in [-0.39, 0.29) is 34.4 Å². The lowest BCUT2D eigenvalue weighted by Gasteiger charge is -2.33. The Balaban J connectivity index is 2.28. The highest BCUT2D eigenvalue weighted by atomic mass is 35.5. The van der Waals surface area contributed by atoms with Crippen molar-refractivity contribution >= 4 is 58.2 Å². The van der Waals surface area contributed by atoms with Gasteiger partial charge in [-0.1, -0.05) is 29.3 Å². The van der Waals surface area contributed by atoms with Gasteiger partial charge in [0, 0.05) is 39.7 Å². The largest absolute Gasteiger partial charge is 0.481 e. The number of allylic oxidation sites excluding steroid dienone is 1. The molecule has 11 heteroatoms. The molecule has 3 rings (SSSR count). The summed E-state index contributed by atoms with van der Waals surface area (Å²) in [6.45, 7) is 1.68. The van der Waals surface area contributed by atoms with Gasteiger partial charge in [0.25, 0.3) is 0 Å². The predicted octanol–water partition coefficient (Wildman–Crippen LogP) is 4.70. The van der Waals surface area contributed by atoms with Gasteiger partial charge >= 0.3 is 17.9 Å². The minimum Gasteiger partial charge on any atom is -0.481 e. The number of ether oxygens (including phenoxy) is 2. The second-order valence-corrected chi connectivity index (χ2v) is 9.09. The van der Waals surface area contributed by atoms with Gasteiger partial charge in [0.15, 0.2) is 0 Å². The van der Waals surface area contributed by atoms with Gasteiger partial charge in [0.1, 0.15) is 5.92 Å². The molecule has 34 heavy (non-hydrogen) atoms. The summed E-state index contributed by atoms with van der Waals surface area (Å²) in [7, 11) is 1.22. The van der Waals surface area contributed by atoms with Gasteiger partial charge in [-0.2, -0.15) is 0 Å². The zero-order chi connectivity index (χ0) is 24.8. The smallest absolute Gasteiger partial charge is 0.336 e. The number of hydrogen-bond acceptors (Lipinski definition) is 8. The molecule has 0 fully saturated rings. The zero-order valence-corrected chi connectivity index (χ0v) is 20.7. The molecule has 1 aliphatic heterocycles. The van der Waals surface area contributed by atoms with Crippen LogP contribution in [0.5, 0.6) is 0 Å². The number of aliphatic imine (C=N–C) groups is 1. The molecule has 0 amide bonds. The van der Waals surface area contributed by atoms with Crippen LogP contribution in [0.4, 0.5) is 0 Å². The fourth-order valence-corrected chi connectivity index (χ4v) is 5.17. The van der Waals surface area contributed by atoms with Gasteiger partial charge in [-0.25, -0.2) is 9.78 Å². The molecule has 2 aromatic rings. The van der Waals surface area contributed by atoms with E-state index in [0.29, 0.717) is 17.7 Å². The van der Waals surface area contributed by atoms with Crippen molar-refractivity contribution in [2.24, 2.45) is 10.9 Å². The fourth-order valence-electron chi connectivity index (χ4n) is 3.92. The molecule has 0 bridgehead atoms. The molecule has 1 aromatic carbocycles. The second-order valence-electron chi connectivity index (χ2n) is 7.29. The summed E-state index contributed by atoms with van der Waals surface area (Å²) in [5, 5.41) is 12.6. The number of carboxylic acids is 1. The van der Waals surface area contributed by atoms with E-state index >= 15 is 0 Å². The lowest BCUT2D eigenvalue weighted by atomic mass is 9.74. The Morgan fingerprint density at radius 3 is 2.44 bits per heavy atom. The first-order valence-corrected chi connectivity index (χ1v) is 12.0. The number of carbonyl (C=O) groups is 3. The molecule has 8 nitrogen and oxygen atoms in total. The van der Waals surface area contributed by atoms with Crippen molar-refractivity contribution in [1.29, 1.82) is 0 Å². The molecule has 0 saturated carbocycles. The minimum absolute atomic E-state index is 0.0484. The summed E-state index contributed by atoms with van der Waals surface area (Å²) in [5.74, 6) is -4.92. The average molecular weight is 525 g/mol. The van der Waals surface area contributed by atoms with E-state index in [0.717, 1.165) is 5.01 Å². The number of benzene rings is 1. The Morgan fingerprint density at radius 1 is 1.18 bits per heavy atom. The lowest BCUT2D eigenvalue weighted by Crippen LogP contribution is -2.39. The highest BCUT2D eigenvalue weighted by Crippen LogP contribution is 2.46. The van der Waals surface area contributed by atoms with Gasteiger partial charge in [0.2, 0.25) is 0 Å². The maximum Gasteiger partial charge on any atom is 0.336 e. The Hall–Kier alpha value is -2.75. The van der Waals surface area contributed by atoms with Crippen molar-refractivity contribution in [2.45, 2.75) is 32.1 Å². The van der Waals surface area contributed by atoms with Crippen molar-refractivity contribution in [3.8, 4) is 0 Å². The number of halogens is 2. The van der Waals surface area contributed by atoms with E-state index in [2.05, 4.69) is 9.98 Å². The molecule has 0 radical (unpaired) electrons. The van der Waals surface area contributed by atoms with Crippen LogP contribution < -0.4 is 0 Å². The Bertz CT molecular complexity index is 1130. The van der Waals surface area contributed by atoms with E-state index in [1.54, 1.807) is 31.3 Å². The van der Waals surface area contributed by atoms with Crippen molar-refractivity contribution in [2.75, 3.05) is 13.7 Å². The van der Waals surface area contributed by atoms with Crippen LogP contribution in [0.2, 0.25) is 10.0 Å². The minimum atomic E-state index is -1.23. The molecule has 1 N–H and O–H groups in total. The maximum atomic E-state index is 13.1. The standard InChI is InChI=1S/C23H22Cl2N2O6S/c1-3-33-23(31)20-15(11-17(28)29)27-14(7-8-16-26-9-10-34-16)19(22(30)32-2)21(20)18-12(24)5-4-6-13(18)25/h4-6,9-10,20-21H,3,7-8,11H2,1-2H3,(H,28,29). The molecule has 1 aliphatic rings. The number of rotatable bonds is 9. The Labute approximate surface area is 210 Å². The molecular weight excluding hydrogens is 503 g/mol. The summed E-state index contributed by atoms with van der Waals surface area (Å²) < 4.78 is 10.3. The number of carboxylic acid groups (broad SMARTS) is 1.